The van der Waals surface area contributed by atoms with Gasteiger partial charge < -0.3 is 0 Å². The fourth-order valence-electron chi connectivity index (χ4n) is 12.2. The average molecular weight is 531 g/mol. The van der Waals surface area contributed by atoms with Crippen molar-refractivity contribution < 1.29 is 0 Å². The molecular weight excluding hydrogens is 468 g/mol. The Labute approximate surface area is 242 Å². The Bertz CT molecular complexity index is 894. The molecule has 5 saturated carbocycles. The molecule has 0 spiro atoms. The summed E-state index contributed by atoms with van der Waals surface area (Å²) < 4.78 is 0. The molecule has 7 atom stereocenters. The van der Waals surface area contributed by atoms with Crippen molar-refractivity contribution >= 4 is 0 Å². The van der Waals surface area contributed by atoms with Crippen molar-refractivity contribution in [3.05, 3.63) is 35.9 Å². The van der Waals surface area contributed by atoms with E-state index in [4.69, 9.17) is 0 Å². The molecule has 1 aromatic rings. The third-order valence-electron chi connectivity index (χ3n) is 14.0. The molecule has 0 N–H and O–H groups in total. The first-order chi connectivity index (χ1) is 18.6. The molecule has 0 saturated heterocycles. The second-order valence-electron chi connectivity index (χ2n) is 17.5. The summed E-state index contributed by atoms with van der Waals surface area (Å²) in [4.78, 5) is 0. The summed E-state index contributed by atoms with van der Waals surface area (Å²) in [5.74, 6) is 8.48. The van der Waals surface area contributed by atoms with E-state index >= 15 is 0 Å². The van der Waals surface area contributed by atoms with Gasteiger partial charge in [0.1, 0.15) is 0 Å². The van der Waals surface area contributed by atoms with Gasteiger partial charge in [-0.2, -0.15) is 0 Å². The van der Waals surface area contributed by atoms with Gasteiger partial charge in [0.05, 0.1) is 0 Å². The Kier molecular flexibility index (Phi) is 7.85. The number of hydrogen-bond donors (Lipinski definition) is 0. The number of fused-ring (bicyclic) bond motifs is 3. The zero-order chi connectivity index (χ0) is 27.4. The van der Waals surface area contributed by atoms with Crippen LogP contribution in [0.3, 0.4) is 0 Å². The second kappa shape index (κ2) is 10.8. The van der Waals surface area contributed by atoms with Crippen LogP contribution in [0, 0.1) is 64.1 Å². The van der Waals surface area contributed by atoms with Gasteiger partial charge in [-0.1, -0.05) is 104 Å². The number of rotatable bonds is 4. The van der Waals surface area contributed by atoms with E-state index in [2.05, 4.69) is 71.9 Å². The fraction of sp³-hybridized carbons (Fsp3) is 0.846. The zero-order valence-corrected chi connectivity index (χ0v) is 26.7. The minimum atomic E-state index is 0.417. The van der Waals surface area contributed by atoms with Gasteiger partial charge in [-0.3, -0.25) is 0 Å². The molecule has 6 rings (SSSR count). The maximum absolute atomic E-state index is 2.64. The molecular formula is C39H62. The molecule has 0 aliphatic heterocycles. The van der Waals surface area contributed by atoms with Gasteiger partial charge in [-0.05, 0) is 134 Å². The highest BCUT2D eigenvalue weighted by atomic mass is 14.7. The van der Waals surface area contributed by atoms with Crippen molar-refractivity contribution in [3.63, 3.8) is 0 Å². The minimum absolute atomic E-state index is 0.417. The van der Waals surface area contributed by atoms with E-state index in [0.717, 1.165) is 53.3 Å². The van der Waals surface area contributed by atoms with Crippen molar-refractivity contribution in [2.24, 2.45) is 64.1 Å². The molecule has 0 radical (unpaired) electrons. The SMILES string of the molecule is CC(C)(C)C1CCC2C3CCC(C(C)(C)C)CC3C([C@@](c3ccccc3)(C3CCCCC3)C3CCCC3)C2C1. The van der Waals surface area contributed by atoms with Gasteiger partial charge >= 0.3 is 0 Å². The van der Waals surface area contributed by atoms with Gasteiger partial charge in [-0.15, -0.1) is 0 Å². The quantitative estimate of drug-likeness (QED) is 0.363. The number of hydrogen-bond acceptors (Lipinski definition) is 0. The molecule has 1 aromatic carbocycles. The minimum Gasteiger partial charge on any atom is -0.0622 e. The van der Waals surface area contributed by atoms with Crippen molar-refractivity contribution in [3.8, 4) is 0 Å². The van der Waals surface area contributed by atoms with Crippen LogP contribution in [0.5, 0.6) is 0 Å². The highest BCUT2D eigenvalue weighted by molar-refractivity contribution is 5.32. The Morgan fingerprint density at radius 1 is 0.462 bits per heavy atom. The van der Waals surface area contributed by atoms with Crippen molar-refractivity contribution in [2.45, 2.75) is 143 Å². The Hall–Kier alpha value is -0.780. The van der Waals surface area contributed by atoms with Crippen molar-refractivity contribution in [2.75, 3.05) is 0 Å². The lowest BCUT2D eigenvalue weighted by atomic mass is 9.47. The first-order valence-electron chi connectivity index (χ1n) is 17.7. The standard InChI is InChI=1S/C39H62/c1-37(2,3)30-21-23-32-33-24-22-31(38(4,5)6)26-35(33)36(34(32)25-30)39(29-19-13-14-20-29,27-15-9-7-10-16-27)28-17-11-8-12-18-28/h7,9-10,15-16,28-36H,8,11-14,17-26H2,1-6H3/t30?,31?,32?,33?,34?,35?,36?,39-/m0/s1. The summed E-state index contributed by atoms with van der Waals surface area (Å²) in [6.07, 6.45) is 22.5. The van der Waals surface area contributed by atoms with Crippen LogP contribution in [-0.2, 0) is 5.41 Å². The first kappa shape index (κ1) is 28.3. The van der Waals surface area contributed by atoms with E-state index in [9.17, 15) is 0 Å². The predicted molar refractivity (Wildman–Crippen MR) is 168 cm³/mol. The topological polar surface area (TPSA) is 0 Å². The third-order valence-corrected chi connectivity index (χ3v) is 14.0. The van der Waals surface area contributed by atoms with E-state index in [1.807, 2.05) is 0 Å². The van der Waals surface area contributed by atoms with E-state index in [-0.39, 0.29) is 0 Å². The monoisotopic (exact) mass is 530 g/mol. The van der Waals surface area contributed by atoms with Crippen molar-refractivity contribution in [1.82, 2.24) is 0 Å². The molecule has 5 aliphatic rings. The Balaban J connectivity index is 1.53. The molecule has 0 amide bonds. The van der Waals surface area contributed by atoms with Crippen LogP contribution < -0.4 is 0 Å². The lowest BCUT2D eigenvalue weighted by Gasteiger charge is -2.57. The predicted octanol–water partition coefficient (Wildman–Crippen LogP) is 11.5. The van der Waals surface area contributed by atoms with Gasteiger partial charge in [0.25, 0.3) is 0 Å². The highest BCUT2D eigenvalue weighted by Crippen LogP contribution is 2.70. The van der Waals surface area contributed by atoms with Crippen LogP contribution in [0.25, 0.3) is 0 Å². The van der Waals surface area contributed by atoms with E-state index in [1.54, 1.807) is 5.56 Å². The molecule has 0 aromatic heterocycles. The van der Waals surface area contributed by atoms with Crippen molar-refractivity contribution in [1.29, 1.82) is 0 Å². The summed E-state index contributed by atoms with van der Waals surface area (Å²) in [6.45, 7) is 15.4. The highest BCUT2D eigenvalue weighted by Gasteiger charge is 2.64. The normalized spacial score (nSPS) is 38.3. The fourth-order valence-corrected chi connectivity index (χ4v) is 12.2. The Morgan fingerprint density at radius 2 is 0.897 bits per heavy atom. The second-order valence-corrected chi connectivity index (χ2v) is 17.5. The molecule has 5 aliphatic carbocycles. The van der Waals surface area contributed by atoms with Crippen LogP contribution in [0.1, 0.15) is 143 Å². The van der Waals surface area contributed by atoms with Gasteiger partial charge in [0.2, 0.25) is 0 Å². The zero-order valence-electron chi connectivity index (χ0n) is 26.7. The summed E-state index contributed by atoms with van der Waals surface area (Å²) in [5, 5.41) is 0. The lowest BCUT2D eigenvalue weighted by Crippen LogP contribution is -2.53. The smallest absolute Gasteiger partial charge is 0.00431 e. The first-order valence-corrected chi connectivity index (χ1v) is 17.7. The molecule has 6 unspecified atom stereocenters. The average Bonchev–Trinajstić information content (AvgIpc) is 3.57. The van der Waals surface area contributed by atoms with Gasteiger partial charge in [0.15, 0.2) is 0 Å². The Morgan fingerprint density at radius 3 is 1.33 bits per heavy atom. The molecule has 0 heteroatoms. The molecule has 39 heavy (non-hydrogen) atoms. The lowest BCUT2D eigenvalue weighted by molar-refractivity contribution is -0.0181. The van der Waals surface area contributed by atoms with Crippen LogP contribution in [0.15, 0.2) is 30.3 Å². The summed E-state index contributed by atoms with van der Waals surface area (Å²) in [6, 6.07) is 12.4. The maximum Gasteiger partial charge on any atom is 0.00431 e. The number of benzene rings is 1. The van der Waals surface area contributed by atoms with E-state index in [0.29, 0.717) is 16.2 Å². The summed E-state index contributed by atoms with van der Waals surface area (Å²) in [7, 11) is 0. The van der Waals surface area contributed by atoms with E-state index < -0.39 is 0 Å². The van der Waals surface area contributed by atoms with Gasteiger partial charge in [-0.25, -0.2) is 0 Å². The summed E-state index contributed by atoms with van der Waals surface area (Å²) in [5.41, 5.74) is 3.11. The largest absolute Gasteiger partial charge is 0.0622 e. The molecule has 0 heterocycles. The summed E-state index contributed by atoms with van der Waals surface area (Å²) >= 11 is 0. The van der Waals surface area contributed by atoms with Crippen LogP contribution >= 0.6 is 0 Å². The van der Waals surface area contributed by atoms with Crippen LogP contribution in [0.2, 0.25) is 0 Å². The van der Waals surface area contributed by atoms with Crippen LogP contribution in [-0.4, -0.2) is 0 Å². The van der Waals surface area contributed by atoms with Crippen LogP contribution in [0.4, 0.5) is 0 Å². The maximum atomic E-state index is 2.64. The van der Waals surface area contributed by atoms with Gasteiger partial charge in [0, 0.05) is 5.41 Å². The molecule has 5 fully saturated rings. The molecule has 218 valence electrons. The third kappa shape index (κ3) is 4.99. The molecule has 0 bridgehead atoms. The molecule has 0 nitrogen and oxygen atoms in total. The van der Waals surface area contributed by atoms with E-state index in [1.165, 1.54) is 96.3 Å².